The summed E-state index contributed by atoms with van der Waals surface area (Å²) in [6, 6.07) is 11.2. The minimum Gasteiger partial charge on any atom is -0.356 e. The Morgan fingerprint density at radius 2 is 1.89 bits per heavy atom. The molecule has 2 rings (SSSR count). The predicted molar refractivity (Wildman–Crippen MR) is 118 cm³/mol. The zero-order valence-corrected chi connectivity index (χ0v) is 18.3. The van der Waals surface area contributed by atoms with Crippen LogP contribution in [0.1, 0.15) is 42.8 Å². The number of aryl methyl sites for hydroxylation is 3. The van der Waals surface area contributed by atoms with E-state index in [0.29, 0.717) is 6.04 Å². The van der Waals surface area contributed by atoms with Gasteiger partial charge in [-0.3, -0.25) is 14.6 Å². The van der Waals surface area contributed by atoms with Gasteiger partial charge in [-0.2, -0.15) is 5.10 Å². The maximum atomic E-state index is 4.51. The molecule has 28 heavy (non-hydrogen) atoms. The molecule has 1 aromatic heterocycles. The highest BCUT2D eigenvalue weighted by Crippen LogP contribution is 2.12. The van der Waals surface area contributed by atoms with Gasteiger partial charge in [0, 0.05) is 45.0 Å². The van der Waals surface area contributed by atoms with Crippen LogP contribution >= 0.6 is 0 Å². The third kappa shape index (κ3) is 6.68. The maximum Gasteiger partial charge on any atom is 0.191 e. The number of hydrogen-bond donors (Lipinski definition) is 2. The van der Waals surface area contributed by atoms with Gasteiger partial charge in [0.2, 0.25) is 0 Å². The number of aromatic nitrogens is 2. The third-order valence-corrected chi connectivity index (χ3v) is 5.03. The van der Waals surface area contributed by atoms with Gasteiger partial charge in [0.05, 0.1) is 5.69 Å². The van der Waals surface area contributed by atoms with Gasteiger partial charge in [0.25, 0.3) is 0 Å². The molecule has 0 saturated carbocycles. The van der Waals surface area contributed by atoms with Crippen molar-refractivity contribution < 1.29 is 0 Å². The summed E-state index contributed by atoms with van der Waals surface area (Å²) < 4.78 is 2.06. The van der Waals surface area contributed by atoms with E-state index in [0.717, 1.165) is 44.3 Å². The highest BCUT2D eigenvalue weighted by molar-refractivity contribution is 5.79. The molecule has 0 radical (unpaired) electrons. The zero-order valence-electron chi connectivity index (χ0n) is 18.3. The normalized spacial score (nSPS) is 12.1. The van der Waals surface area contributed by atoms with E-state index >= 15 is 0 Å². The standard InChI is InChI=1S/C22H36N6/c1-17(2)27(6)16-21-11-8-7-10-20(21)15-25-22(23-5)24-12-9-13-28-19(4)14-18(3)26-28/h7-8,10-11,14,17H,9,12-13,15-16H2,1-6H3,(H2,23,24,25). The van der Waals surface area contributed by atoms with Crippen LogP contribution in [0, 0.1) is 13.8 Å². The summed E-state index contributed by atoms with van der Waals surface area (Å²) in [5, 5.41) is 11.4. The van der Waals surface area contributed by atoms with E-state index in [1.807, 2.05) is 14.0 Å². The van der Waals surface area contributed by atoms with Crippen LogP contribution in [0.15, 0.2) is 35.3 Å². The summed E-state index contributed by atoms with van der Waals surface area (Å²) in [6.07, 6.45) is 0.998. The first-order valence-electron chi connectivity index (χ1n) is 10.1. The van der Waals surface area contributed by atoms with Crippen LogP contribution in [-0.2, 0) is 19.6 Å². The third-order valence-electron chi connectivity index (χ3n) is 5.03. The molecule has 1 aromatic carbocycles. The molecule has 0 aliphatic carbocycles. The summed E-state index contributed by atoms with van der Waals surface area (Å²) in [6.45, 7) is 12.1. The molecule has 0 aliphatic heterocycles. The molecule has 0 fully saturated rings. The lowest BCUT2D eigenvalue weighted by atomic mass is 10.1. The number of nitrogens with one attached hydrogen (secondary N) is 2. The Balaban J connectivity index is 1.81. The van der Waals surface area contributed by atoms with Gasteiger partial charge >= 0.3 is 0 Å². The quantitative estimate of drug-likeness (QED) is 0.396. The summed E-state index contributed by atoms with van der Waals surface area (Å²) in [4.78, 5) is 6.70. The fourth-order valence-corrected chi connectivity index (χ4v) is 3.07. The van der Waals surface area contributed by atoms with E-state index in [-0.39, 0.29) is 0 Å². The fourth-order valence-electron chi connectivity index (χ4n) is 3.07. The Labute approximate surface area is 170 Å². The minimum absolute atomic E-state index is 0.526. The smallest absolute Gasteiger partial charge is 0.191 e. The van der Waals surface area contributed by atoms with Crippen LogP contribution in [0.3, 0.4) is 0 Å². The first-order chi connectivity index (χ1) is 13.4. The van der Waals surface area contributed by atoms with E-state index < -0.39 is 0 Å². The number of hydrogen-bond acceptors (Lipinski definition) is 3. The van der Waals surface area contributed by atoms with Crippen molar-refractivity contribution >= 4 is 5.96 Å². The van der Waals surface area contributed by atoms with E-state index in [4.69, 9.17) is 0 Å². The molecule has 0 amide bonds. The van der Waals surface area contributed by atoms with E-state index in [1.165, 1.54) is 16.8 Å². The lowest BCUT2D eigenvalue weighted by Crippen LogP contribution is -2.38. The monoisotopic (exact) mass is 384 g/mol. The number of nitrogens with zero attached hydrogens (tertiary/aromatic N) is 4. The van der Waals surface area contributed by atoms with Gasteiger partial charge in [0.15, 0.2) is 5.96 Å². The minimum atomic E-state index is 0.526. The van der Waals surface area contributed by atoms with Crippen LogP contribution in [0.2, 0.25) is 0 Å². The Hall–Kier alpha value is -2.34. The van der Waals surface area contributed by atoms with Crippen LogP contribution < -0.4 is 10.6 Å². The van der Waals surface area contributed by atoms with Crippen molar-refractivity contribution in [1.29, 1.82) is 0 Å². The first-order valence-corrected chi connectivity index (χ1v) is 10.1. The first kappa shape index (κ1) is 22.0. The van der Waals surface area contributed by atoms with Crippen molar-refractivity contribution in [2.24, 2.45) is 4.99 Å². The molecule has 0 spiro atoms. The number of aliphatic imine (C=N–C) groups is 1. The molecule has 154 valence electrons. The topological polar surface area (TPSA) is 57.5 Å². The molecule has 2 N–H and O–H groups in total. The lowest BCUT2D eigenvalue weighted by molar-refractivity contribution is 0.265. The largest absolute Gasteiger partial charge is 0.356 e. The van der Waals surface area contributed by atoms with Crippen molar-refractivity contribution in [3.63, 3.8) is 0 Å². The van der Waals surface area contributed by atoms with Gasteiger partial charge < -0.3 is 10.6 Å². The van der Waals surface area contributed by atoms with E-state index in [1.54, 1.807) is 0 Å². The molecular weight excluding hydrogens is 348 g/mol. The highest BCUT2D eigenvalue weighted by atomic mass is 15.3. The molecular formula is C22H36N6. The van der Waals surface area contributed by atoms with Crippen LogP contribution in [0.5, 0.6) is 0 Å². The van der Waals surface area contributed by atoms with Crippen molar-refractivity contribution in [1.82, 2.24) is 25.3 Å². The van der Waals surface area contributed by atoms with Crippen molar-refractivity contribution in [2.45, 2.75) is 59.8 Å². The second-order valence-electron chi connectivity index (χ2n) is 7.63. The van der Waals surface area contributed by atoms with Crippen LogP contribution in [0.25, 0.3) is 0 Å². The Bertz CT molecular complexity index is 762. The molecule has 6 nitrogen and oxygen atoms in total. The van der Waals surface area contributed by atoms with Gasteiger partial charge in [-0.25, -0.2) is 0 Å². The van der Waals surface area contributed by atoms with Gasteiger partial charge in [-0.05, 0) is 58.4 Å². The molecule has 6 heteroatoms. The Morgan fingerprint density at radius 1 is 1.18 bits per heavy atom. The van der Waals surface area contributed by atoms with Gasteiger partial charge in [0.1, 0.15) is 0 Å². The lowest BCUT2D eigenvalue weighted by Gasteiger charge is -2.23. The molecule has 0 aliphatic rings. The Kier molecular flexibility index (Phi) is 8.51. The maximum absolute atomic E-state index is 4.51. The summed E-state index contributed by atoms with van der Waals surface area (Å²) >= 11 is 0. The Morgan fingerprint density at radius 3 is 2.50 bits per heavy atom. The second kappa shape index (κ2) is 10.9. The molecule has 2 aromatic rings. The van der Waals surface area contributed by atoms with Crippen molar-refractivity contribution in [3.8, 4) is 0 Å². The summed E-state index contributed by atoms with van der Waals surface area (Å²) in [5.41, 5.74) is 4.94. The number of benzene rings is 1. The predicted octanol–water partition coefficient (Wildman–Crippen LogP) is 3.10. The molecule has 0 saturated heterocycles. The van der Waals surface area contributed by atoms with Crippen molar-refractivity contribution in [3.05, 3.63) is 52.8 Å². The number of rotatable bonds is 9. The average molecular weight is 385 g/mol. The molecule has 0 unspecified atom stereocenters. The van der Waals surface area contributed by atoms with Gasteiger partial charge in [-0.15, -0.1) is 0 Å². The SMILES string of the molecule is CN=C(NCCCn1nc(C)cc1C)NCc1ccccc1CN(C)C(C)C. The zero-order chi connectivity index (χ0) is 20.5. The second-order valence-corrected chi connectivity index (χ2v) is 7.63. The summed E-state index contributed by atoms with van der Waals surface area (Å²) in [7, 11) is 3.98. The fraction of sp³-hybridized carbons (Fsp3) is 0.545. The summed E-state index contributed by atoms with van der Waals surface area (Å²) in [5.74, 6) is 0.834. The van der Waals surface area contributed by atoms with Crippen LogP contribution in [-0.4, -0.2) is 47.3 Å². The highest BCUT2D eigenvalue weighted by Gasteiger charge is 2.08. The van der Waals surface area contributed by atoms with E-state index in [2.05, 4.69) is 88.5 Å². The molecule has 1 heterocycles. The van der Waals surface area contributed by atoms with Crippen molar-refractivity contribution in [2.75, 3.05) is 20.6 Å². The van der Waals surface area contributed by atoms with Crippen LogP contribution in [0.4, 0.5) is 0 Å². The molecule has 0 bridgehead atoms. The van der Waals surface area contributed by atoms with Gasteiger partial charge in [-0.1, -0.05) is 24.3 Å². The number of guanidine groups is 1. The molecule has 0 atom stereocenters. The average Bonchev–Trinajstić information content (AvgIpc) is 2.99. The van der Waals surface area contributed by atoms with E-state index in [9.17, 15) is 0 Å².